The van der Waals surface area contributed by atoms with E-state index in [2.05, 4.69) is 22.7 Å². The maximum absolute atomic E-state index is 5.58. The largest absolute Gasteiger partial charge is 0.364 e. The number of rotatable bonds is 5. The van der Waals surface area contributed by atoms with Gasteiger partial charge in [-0.3, -0.25) is 0 Å². The van der Waals surface area contributed by atoms with Gasteiger partial charge in [0.2, 0.25) is 0 Å². The molecule has 0 amide bonds. The number of nitrogens with one attached hydrogen (secondary N) is 2. The molecule has 5 heteroatoms. The van der Waals surface area contributed by atoms with Gasteiger partial charge in [-0.1, -0.05) is 6.92 Å². The fraction of sp³-hybridized carbons (Fsp3) is 0.714. The third kappa shape index (κ3) is 2.27. The Bertz CT molecular complexity index is 471. The summed E-state index contributed by atoms with van der Waals surface area (Å²) in [5.41, 5.74) is 3.97. The van der Waals surface area contributed by atoms with Gasteiger partial charge in [-0.15, -0.1) is 0 Å². The molecule has 0 saturated heterocycles. The lowest BCUT2D eigenvalue weighted by Crippen LogP contribution is -2.44. The van der Waals surface area contributed by atoms with Crippen LogP contribution in [0.15, 0.2) is 0 Å². The highest BCUT2D eigenvalue weighted by molar-refractivity contribution is 5.58. The van der Waals surface area contributed by atoms with Gasteiger partial charge in [0.25, 0.3) is 0 Å². The molecule has 0 aliphatic heterocycles. The van der Waals surface area contributed by atoms with Gasteiger partial charge in [0.1, 0.15) is 17.5 Å². The van der Waals surface area contributed by atoms with Crippen LogP contribution in [-0.2, 0) is 0 Å². The Kier molecular flexibility index (Phi) is 3.09. The molecule has 19 heavy (non-hydrogen) atoms. The van der Waals surface area contributed by atoms with Crippen LogP contribution in [0.5, 0.6) is 0 Å². The average Bonchev–Trinajstić information content (AvgIpc) is 3.20. The first-order valence-electron chi connectivity index (χ1n) is 7.31. The van der Waals surface area contributed by atoms with E-state index < -0.39 is 0 Å². The van der Waals surface area contributed by atoms with Gasteiger partial charge in [0.15, 0.2) is 0 Å². The van der Waals surface area contributed by atoms with Crippen molar-refractivity contribution in [1.82, 2.24) is 9.97 Å². The molecule has 1 aromatic rings. The van der Waals surface area contributed by atoms with Crippen molar-refractivity contribution in [2.45, 2.75) is 63.8 Å². The molecule has 3 rings (SSSR count). The van der Waals surface area contributed by atoms with E-state index in [1.54, 1.807) is 0 Å². The summed E-state index contributed by atoms with van der Waals surface area (Å²) in [6.07, 6.45) is 7.31. The van der Waals surface area contributed by atoms with Gasteiger partial charge in [-0.25, -0.2) is 15.8 Å². The van der Waals surface area contributed by atoms with E-state index in [9.17, 15) is 0 Å². The monoisotopic (exact) mass is 261 g/mol. The molecule has 0 unspecified atom stereocenters. The zero-order valence-electron chi connectivity index (χ0n) is 11.8. The minimum atomic E-state index is 0.242. The minimum Gasteiger partial charge on any atom is -0.364 e. The SMILES string of the molecule is CCC1(Nc2nc(C3CC3)nc(NN)c2C)CCC1. The van der Waals surface area contributed by atoms with E-state index in [-0.39, 0.29) is 5.54 Å². The predicted molar refractivity (Wildman–Crippen MR) is 77.0 cm³/mol. The van der Waals surface area contributed by atoms with E-state index in [0.29, 0.717) is 5.92 Å². The molecule has 5 nitrogen and oxygen atoms in total. The molecular weight excluding hydrogens is 238 g/mol. The topological polar surface area (TPSA) is 75.9 Å². The Morgan fingerprint density at radius 1 is 1.26 bits per heavy atom. The molecule has 0 radical (unpaired) electrons. The van der Waals surface area contributed by atoms with Gasteiger partial charge in [0.05, 0.1) is 0 Å². The number of nitrogens with two attached hydrogens (primary N) is 1. The smallest absolute Gasteiger partial charge is 0.148 e. The Morgan fingerprint density at radius 2 is 1.95 bits per heavy atom. The van der Waals surface area contributed by atoms with Crippen molar-refractivity contribution in [1.29, 1.82) is 0 Å². The molecule has 0 spiro atoms. The van der Waals surface area contributed by atoms with Crippen LogP contribution in [0.3, 0.4) is 0 Å². The van der Waals surface area contributed by atoms with Crippen molar-refractivity contribution in [3.8, 4) is 0 Å². The summed E-state index contributed by atoms with van der Waals surface area (Å²) in [7, 11) is 0. The zero-order valence-corrected chi connectivity index (χ0v) is 11.8. The summed E-state index contributed by atoms with van der Waals surface area (Å²) < 4.78 is 0. The number of aromatic nitrogens is 2. The first kappa shape index (κ1) is 12.7. The van der Waals surface area contributed by atoms with Crippen LogP contribution in [0.2, 0.25) is 0 Å². The third-order valence-corrected chi connectivity index (χ3v) is 4.61. The number of hydrogen-bond acceptors (Lipinski definition) is 5. The van der Waals surface area contributed by atoms with Crippen LogP contribution in [-0.4, -0.2) is 15.5 Å². The summed E-state index contributed by atoms with van der Waals surface area (Å²) in [5.74, 6) is 8.77. The first-order valence-corrected chi connectivity index (χ1v) is 7.31. The van der Waals surface area contributed by atoms with Crippen LogP contribution in [0.1, 0.15) is 62.8 Å². The maximum Gasteiger partial charge on any atom is 0.148 e. The molecule has 104 valence electrons. The summed E-state index contributed by atoms with van der Waals surface area (Å²) in [6, 6.07) is 0. The van der Waals surface area contributed by atoms with Crippen molar-refractivity contribution in [2.24, 2.45) is 5.84 Å². The standard InChI is InChI=1S/C14H23N5/c1-3-14(7-4-8-14)18-11-9(2)12(19-15)17-13(16-11)10-5-6-10/h10H,3-8,15H2,1-2H3,(H2,16,17,18,19). The number of anilines is 2. The molecule has 0 bridgehead atoms. The second kappa shape index (κ2) is 4.63. The summed E-state index contributed by atoms with van der Waals surface area (Å²) >= 11 is 0. The summed E-state index contributed by atoms with van der Waals surface area (Å²) in [4.78, 5) is 9.27. The van der Waals surface area contributed by atoms with Crippen molar-refractivity contribution >= 4 is 11.6 Å². The maximum atomic E-state index is 5.58. The average molecular weight is 261 g/mol. The van der Waals surface area contributed by atoms with Gasteiger partial charge < -0.3 is 10.7 Å². The number of nitrogens with zero attached hydrogens (tertiary/aromatic N) is 2. The van der Waals surface area contributed by atoms with Crippen molar-refractivity contribution in [3.05, 3.63) is 11.4 Å². The second-order valence-electron chi connectivity index (χ2n) is 5.94. The molecule has 2 fully saturated rings. The van der Waals surface area contributed by atoms with Gasteiger partial charge in [-0.2, -0.15) is 0 Å². The summed E-state index contributed by atoms with van der Waals surface area (Å²) in [6.45, 7) is 4.27. The van der Waals surface area contributed by atoms with E-state index in [4.69, 9.17) is 10.8 Å². The lowest BCUT2D eigenvalue weighted by Gasteiger charge is -2.42. The quantitative estimate of drug-likeness (QED) is 0.561. The summed E-state index contributed by atoms with van der Waals surface area (Å²) in [5, 5.41) is 3.66. The van der Waals surface area contributed by atoms with E-state index in [1.165, 1.54) is 32.1 Å². The Labute approximate surface area is 114 Å². The van der Waals surface area contributed by atoms with Gasteiger partial charge in [-0.05, 0) is 45.4 Å². The van der Waals surface area contributed by atoms with Crippen LogP contribution in [0.25, 0.3) is 0 Å². The third-order valence-electron chi connectivity index (χ3n) is 4.61. The van der Waals surface area contributed by atoms with Crippen LogP contribution in [0.4, 0.5) is 11.6 Å². The molecule has 0 aromatic carbocycles. The van der Waals surface area contributed by atoms with Gasteiger partial charge in [0, 0.05) is 17.0 Å². The highest BCUT2D eigenvalue weighted by Gasteiger charge is 2.36. The lowest BCUT2D eigenvalue weighted by atomic mass is 9.75. The van der Waals surface area contributed by atoms with E-state index in [0.717, 1.165) is 29.4 Å². The molecule has 1 heterocycles. The van der Waals surface area contributed by atoms with Crippen LogP contribution >= 0.6 is 0 Å². The minimum absolute atomic E-state index is 0.242. The van der Waals surface area contributed by atoms with Crippen LogP contribution in [0, 0.1) is 6.92 Å². The van der Waals surface area contributed by atoms with Crippen molar-refractivity contribution in [2.75, 3.05) is 10.7 Å². The fourth-order valence-electron chi connectivity index (χ4n) is 2.74. The molecule has 0 atom stereocenters. The molecule has 2 saturated carbocycles. The Morgan fingerprint density at radius 3 is 2.42 bits per heavy atom. The van der Waals surface area contributed by atoms with Crippen LogP contribution < -0.4 is 16.6 Å². The lowest BCUT2D eigenvalue weighted by molar-refractivity contribution is 0.268. The number of hydrogen-bond donors (Lipinski definition) is 3. The molecular formula is C14H23N5. The number of hydrazine groups is 1. The molecule has 2 aliphatic rings. The Hall–Kier alpha value is -1.36. The highest BCUT2D eigenvalue weighted by atomic mass is 15.3. The zero-order chi connectivity index (χ0) is 13.5. The molecule has 2 aliphatic carbocycles. The predicted octanol–water partition coefficient (Wildman–Crippen LogP) is 2.69. The Balaban J connectivity index is 1.92. The second-order valence-corrected chi connectivity index (χ2v) is 5.94. The highest BCUT2D eigenvalue weighted by Crippen LogP contribution is 2.42. The molecule has 1 aromatic heterocycles. The fourth-order valence-corrected chi connectivity index (χ4v) is 2.74. The van der Waals surface area contributed by atoms with Crippen molar-refractivity contribution < 1.29 is 0 Å². The van der Waals surface area contributed by atoms with Gasteiger partial charge >= 0.3 is 0 Å². The van der Waals surface area contributed by atoms with Crippen molar-refractivity contribution in [3.63, 3.8) is 0 Å². The first-order chi connectivity index (χ1) is 9.17. The van der Waals surface area contributed by atoms with E-state index >= 15 is 0 Å². The number of nitrogen functional groups attached to an aromatic ring is 1. The normalized spacial score (nSPS) is 20.8. The molecule has 4 N–H and O–H groups in total. The van der Waals surface area contributed by atoms with E-state index in [1.807, 2.05) is 6.92 Å².